The van der Waals surface area contributed by atoms with Gasteiger partial charge in [0.05, 0.1) is 0 Å². The van der Waals surface area contributed by atoms with Crippen molar-refractivity contribution in [2.24, 2.45) is 0 Å². The summed E-state index contributed by atoms with van der Waals surface area (Å²) in [6.07, 6.45) is 1.18. The van der Waals surface area contributed by atoms with E-state index in [1.54, 1.807) is 0 Å². The van der Waals surface area contributed by atoms with Crippen LogP contribution in [0.1, 0.15) is 54.2 Å². The van der Waals surface area contributed by atoms with Crippen LogP contribution in [-0.2, 0) is 18.3 Å². The maximum atomic E-state index is 11.2. The molecule has 0 aliphatic rings. The van der Waals surface area contributed by atoms with E-state index in [0.717, 1.165) is 32.8 Å². The minimum Gasteiger partial charge on any atom is -0.507 e. The van der Waals surface area contributed by atoms with Crippen LogP contribution in [-0.4, -0.2) is 5.11 Å². The first-order chi connectivity index (χ1) is 13.2. The van der Waals surface area contributed by atoms with E-state index in [-0.39, 0.29) is 5.41 Å². The van der Waals surface area contributed by atoms with Crippen molar-refractivity contribution in [3.8, 4) is 5.75 Å². The molecular weight excluding hydrogens is 387 g/mol. The van der Waals surface area contributed by atoms with Crippen molar-refractivity contribution in [3.05, 3.63) is 98.0 Å². The second-order valence-electron chi connectivity index (χ2n) is 8.32. The first-order valence-electron chi connectivity index (χ1n) is 9.50. The van der Waals surface area contributed by atoms with E-state index >= 15 is 0 Å². The number of hydrogen-bond acceptors (Lipinski definition) is 1. The van der Waals surface area contributed by atoms with Gasteiger partial charge in [0.25, 0.3) is 0 Å². The lowest BCUT2D eigenvalue weighted by Gasteiger charge is -2.26. The lowest BCUT2D eigenvalue weighted by atomic mass is 9.79. The molecule has 0 fully saturated rings. The highest BCUT2D eigenvalue weighted by atomic mass is 35.5. The molecule has 0 aliphatic carbocycles. The average molecular weight is 413 g/mol. The lowest BCUT2D eigenvalue weighted by Crippen LogP contribution is -2.16. The van der Waals surface area contributed by atoms with E-state index < -0.39 is 0 Å². The summed E-state index contributed by atoms with van der Waals surface area (Å²) in [6.45, 7) is 8.69. The number of hydrogen-bond donors (Lipinski definition) is 1. The molecule has 28 heavy (non-hydrogen) atoms. The zero-order valence-corrected chi connectivity index (χ0v) is 18.3. The minimum absolute atomic E-state index is 0.0394. The molecule has 0 atom stereocenters. The Bertz CT molecular complexity index is 1000. The molecule has 3 aromatic rings. The second-order valence-corrected chi connectivity index (χ2v) is 9.14. The van der Waals surface area contributed by atoms with Gasteiger partial charge < -0.3 is 5.11 Å². The number of phenols is 1. The fraction of sp³-hybridized carbons (Fsp3) is 0.280. The first-order valence-corrected chi connectivity index (χ1v) is 10.3. The molecular formula is C25H26Cl2O. The van der Waals surface area contributed by atoms with E-state index in [4.69, 9.17) is 23.2 Å². The molecule has 146 valence electrons. The molecule has 0 radical (unpaired) electrons. The van der Waals surface area contributed by atoms with Gasteiger partial charge in [-0.05, 0) is 52.3 Å². The highest BCUT2D eigenvalue weighted by Gasteiger charge is 2.23. The van der Waals surface area contributed by atoms with E-state index in [1.165, 1.54) is 5.56 Å². The van der Waals surface area contributed by atoms with Gasteiger partial charge in [-0.25, -0.2) is 0 Å². The van der Waals surface area contributed by atoms with Crippen molar-refractivity contribution in [3.63, 3.8) is 0 Å². The molecule has 0 heterocycles. The van der Waals surface area contributed by atoms with Gasteiger partial charge in [-0.15, -0.1) is 0 Å². The van der Waals surface area contributed by atoms with Crippen LogP contribution < -0.4 is 0 Å². The molecule has 0 saturated heterocycles. The van der Waals surface area contributed by atoms with Crippen LogP contribution in [0.3, 0.4) is 0 Å². The molecule has 1 N–H and O–H groups in total. The predicted molar refractivity (Wildman–Crippen MR) is 120 cm³/mol. The molecule has 0 bridgehead atoms. The van der Waals surface area contributed by atoms with Gasteiger partial charge in [0, 0.05) is 28.5 Å². The summed E-state index contributed by atoms with van der Waals surface area (Å²) in [4.78, 5) is 0. The van der Waals surface area contributed by atoms with Crippen LogP contribution in [0.15, 0.2) is 54.6 Å². The van der Waals surface area contributed by atoms with Crippen LogP contribution in [0.4, 0.5) is 0 Å². The fourth-order valence-electron chi connectivity index (χ4n) is 3.69. The smallest absolute Gasteiger partial charge is 0.122 e. The molecule has 0 aromatic heterocycles. The Morgan fingerprint density at radius 3 is 1.79 bits per heavy atom. The summed E-state index contributed by atoms with van der Waals surface area (Å²) in [6, 6.07) is 17.7. The Hall–Kier alpha value is -1.96. The van der Waals surface area contributed by atoms with Crippen LogP contribution >= 0.6 is 23.2 Å². The molecule has 3 aromatic carbocycles. The Kier molecular flexibility index (Phi) is 6.07. The Morgan fingerprint density at radius 1 is 0.786 bits per heavy atom. The molecule has 1 nitrogen and oxygen atoms in total. The van der Waals surface area contributed by atoms with Gasteiger partial charge in [0.15, 0.2) is 0 Å². The summed E-state index contributed by atoms with van der Waals surface area (Å²) >= 11 is 12.8. The fourth-order valence-corrected chi connectivity index (χ4v) is 4.10. The number of halogens is 2. The zero-order valence-electron chi connectivity index (χ0n) is 16.8. The Balaban J connectivity index is 2.15. The first kappa shape index (κ1) is 20.8. The van der Waals surface area contributed by atoms with Crippen LogP contribution in [0, 0.1) is 6.92 Å². The molecule has 0 saturated carbocycles. The monoisotopic (exact) mass is 412 g/mol. The van der Waals surface area contributed by atoms with Gasteiger partial charge >= 0.3 is 0 Å². The molecule has 0 aliphatic heterocycles. The predicted octanol–water partition coefficient (Wildman–Crippen LogP) is 7.49. The quantitative estimate of drug-likeness (QED) is 0.470. The molecule has 0 spiro atoms. The average Bonchev–Trinajstić information content (AvgIpc) is 2.63. The maximum absolute atomic E-state index is 11.2. The third-order valence-electron chi connectivity index (χ3n) is 5.24. The van der Waals surface area contributed by atoms with E-state index in [1.807, 2.05) is 48.5 Å². The van der Waals surface area contributed by atoms with E-state index in [2.05, 4.69) is 33.8 Å². The van der Waals surface area contributed by atoms with Crippen molar-refractivity contribution >= 4 is 23.2 Å². The number of aromatic hydroxyl groups is 1. The van der Waals surface area contributed by atoms with Crippen LogP contribution in [0.25, 0.3) is 0 Å². The van der Waals surface area contributed by atoms with Gasteiger partial charge in [0.1, 0.15) is 5.75 Å². The van der Waals surface area contributed by atoms with Crippen molar-refractivity contribution < 1.29 is 5.11 Å². The summed E-state index contributed by atoms with van der Waals surface area (Å²) in [7, 11) is 0. The summed E-state index contributed by atoms with van der Waals surface area (Å²) in [5, 5.41) is 12.6. The summed E-state index contributed by atoms with van der Waals surface area (Å²) < 4.78 is 0. The summed E-state index contributed by atoms with van der Waals surface area (Å²) in [5.74, 6) is 0.338. The number of benzene rings is 3. The number of rotatable bonds is 4. The minimum atomic E-state index is -0.0394. The van der Waals surface area contributed by atoms with Crippen molar-refractivity contribution in [2.75, 3.05) is 0 Å². The van der Waals surface area contributed by atoms with Crippen LogP contribution in [0.2, 0.25) is 10.0 Å². The van der Waals surface area contributed by atoms with E-state index in [0.29, 0.717) is 23.6 Å². The second kappa shape index (κ2) is 8.19. The van der Waals surface area contributed by atoms with Gasteiger partial charge in [-0.2, -0.15) is 0 Å². The van der Waals surface area contributed by atoms with Crippen molar-refractivity contribution in [2.45, 2.75) is 46.0 Å². The summed E-state index contributed by atoms with van der Waals surface area (Å²) in [5.41, 5.74) is 6.15. The molecule has 0 unspecified atom stereocenters. The van der Waals surface area contributed by atoms with Crippen LogP contribution in [0.5, 0.6) is 5.75 Å². The molecule has 3 rings (SSSR count). The van der Waals surface area contributed by atoms with Crippen molar-refractivity contribution in [1.82, 2.24) is 0 Å². The van der Waals surface area contributed by atoms with Gasteiger partial charge in [-0.3, -0.25) is 0 Å². The largest absolute Gasteiger partial charge is 0.507 e. The SMILES string of the molecule is Cc1c(C(C)(C)C)cc(Cc2ccccc2Cl)c(O)c1Cc1ccccc1Cl. The molecule has 3 heteroatoms. The Labute approximate surface area is 178 Å². The third-order valence-corrected chi connectivity index (χ3v) is 5.97. The molecule has 0 amide bonds. The standard InChI is InChI=1S/C25H26Cl2O/c1-16-20(14-18-10-6-8-12-23(18)27)24(28)19(15-21(16)25(2,3)4)13-17-9-5-7-11-22(17)26/h5-12,15,28H,13-14H2,1-4H3. The highest BCUT2D eigenvalue weighted by molar-refractivity contribution is 6.31. The highest BCUT2D eigenvalue weighted by Crippen LogP contribution is 2.38. The zero-order chi connectivity index (χ0) is 20.5. The normalized spacial score (nSPS) is 11.6. The third kappa shape index (κ3) is 4.37. The van der Waals surface area contributed by atoms with Crippen molar-refractivity contribution in [1.29, 1.82) is 0 Å². The lowest BCUT2D eigenvalue weighted by molar-refractivity contribution is 0.460. The van der Waals surface area contributed by atoms with Gasteiger partial charge in [-0.1, -0.05) is 86.4 Å². The number of phenolic OH excluding ortho intramolecular Hbond substituents is 1. The topological polar surface area (TPSA) is 20.2 Å². The Morgan fingerprint density at radius 2 is 1.29 bits per heavy atom. The van der Waals surface area contributed by atoms with Gasteiger partial charge in [0.2, 0.25) is 0 Å². The van der Waals surface area contributed by atoms with E-state index in [9.17, 15) is 5.11 Å². The maximum Gasteiger partial charge on any atom is 0.122 e.